The van der Waals surface area contributed by atoms with E-state index in [4.69, 9.17) is 9.57 Å². The lowest BCUT2D eigenvalue weighted by atomic mass is 9.94. The largest absolute Gasteiger partial charge is 0.497 e. The Hall–Kier alpha value is -2.37. The minimum absolute atomic E-state index is 0.387. The van der Waals surface area contributed by atoms with Crippen LogP contribution in [0.25, 0.3) is 0 Å². The van der Waals surface area contributed by atoms with E-state index >= 15 is 0 Å². The molecule has 3 rings (SSSR count). The van der Waals surface area contributed by atoms with Gasteiger partial charge in [0.1, 0.15) is 5.75 Å². The Bertz CT molecular complexity index is 686. The van der Waals surface area contributed by atoms with E-state index in [1.807, 2.05) is 6.07 Å². The van der Waals surface area contributed by atoms with Gasteiger partial charge in [0.2, 0.25) is 5.72 Å². The topological polar surface area (TPSA) is 59.0 Å². The molecule has 1 N–H and O–H groups in total. The van der Waals surface area contributed by atoms with Crippen LogP contribution in [0, 0.1) is 0 Å². The quantitative estimate of drug-likeness (QED) is 0.936. The minimum Gasteiger partial charge on any atom is -0.497 e. The Balaban J connectivity index is 2.26. The van der Waals surface area contributed by atoms with Gasteiger partial charge in [-0.25, -0.2) is 0 Å². The summed E-state index contributed by atoms with van der Waals surface area (Å²) >= 11 is 0. The van der Waals surface area contributed by atoms with E-state index in [9.17, 15) is 9.90 Å². The molecule has 1 aliphatic rings. The molecule has 5 nitrogen and oxygen atoms in total. The standard InChI is InChI=1S/C16H15NO4/c1-20-12-8-9-13-14(10-12)16(19,17(21-2)15(13)18)11-6-4-3-5-7-11/h3-10,19H,1-2H3. The molecule has 0 aromatic heterocycles. The molecule has 108 valence electrons. The van der Waals surface area contributed by atoms with E-state index in [1.165, 1.54) is 14.2 Å². The van der Waals surface area contributed by atoms with Crippen LogP contribution in [0.2, 0.25) is 0 Å². The molecule has 1 unspecified atom stereocenters. The lowest BCUT2D eigenvalue weighted by Crippen LogP contribution is -2.43. The first-order valence-corrected chi connectivity index (χ1v) is 6.48. The van der Waals surface area contributed by atoms with Crippen molar-refractivity contribution in [3.8, 4) is 5.75 Å². The number of rotatable bonds is 3. The molecule has 0 saturated carbocycles. The molecule has 2 aromatic rings. The maximum Gasteiger partial charge on any atom is 0.281 e. The number of amides is 1. The number of hydrogen-bond donors (Lipinski definition) is 1. The van der Waals surface area contributed by atoms with E-state index in [0.29, 0.717) is 22.4 Å². The summed E-state index contributed by atoms with van der Waals surface area (Å²) in [4.78, 5) is 17.6. The van der Waals surface area contributed by atoms with Crippen LogP contribution in [0.15, 0.2) is 48.5 Å². The minimum atomic E-state index is -1.67. The number of fused-ring (bicyclic) bond motifs is 1. The fourth-order valence-corrected chi connectivity index (χ4v) is 2.65. The summed E-state index contributed by atoms with van der Waals surface area (Å²) in [7, 11) is 2.89. The SMILES string of the molecule is COc1ccc2c(c1)C(O)(c1ccccc1)N(OC)C2=O. The van der Waals surface area contributed by atoms with Crippen LogP contribution < -0.4 is 4.74 Å². The molecule has 0 bridgehead atoms. The predicted octanol–water partition coefficient (Wildman–Crippen LogP) is 1.91. The van der Waals surface area contributed by atoms with E-state index in [-0.39, 0.29) is 5.91 Å². The number of carbonyl (C=O) groups excluding carboxylic acids is 1. The first kappa shape index (κ1) is 13.6. The molecule has 1 amide bonds. The zero-order valence-electron chi connectivity index (χ0n) is 11.7. The molecule has 0 saturated heterocycles. The van der Waals surface area contributed by atoms with Gasteiger partial charge in [-0.3, -0.25) is 9.63 Å². The molecule has 0 aliphatic carbocycles. The predicted molar refractivity (Wildman–Crippen MR) is 75.6 cm³/mol. The number of aliphatic hydroxyl groups is 1. The summed E-state index contributed by atoms with van der Waals surface area (Å²) < 4.78 is 5.19. The highest BCUT2D eigenvalue weighted by Gasteiger charge is 2.51. The van der Waals surface area contributed by atoms with Crippen molar-refractivity contribution >= 4 is 5.91 Å². The summed E-state index contributed by atoms with van der Waals surface area (Å²) in [6.07, 6.45) is 0. The third-order valence-electron chi connectivity index (χ3n) is 3.67. The monoisotopic (exact) mass is 285 g/mol. The highest BCUT2D eigenvalue weighted by molar-refractivity contribution is 5.99. The van der Waals surface area contributed by atoms with Gasteiger partial charge in [-0.05, 0) is 18.2 Å². The summed E-state index contributed by atoms with van der Waals surface area (Å²) in [6.45, 7) is 0. The smallest absolute Gasteiger partial charge is 0.281 e. The average molecular weight is 285 g/mol. The lowest BCUT2D eigenvalue weighted by molar-refractivity contribution is -0.223. The second-order valence-corrected chi connectivity index (χ2v) is 4.73. The van der Waals surface area contributed by atoms with Crippen LogP contribution in [0.3, 0.4) is 0 Å². The normalized spacial score (nSPS) is 20.5. The van der Waals surface area contributed by atoms with Gasteiger partial charge in [0.25, 0.3) is 5.91 Å². The molecular formula is C16H15NO4. The van der Waals surface area contributed by atoms with Crippen LogP contribution in [-0.2, 0) is 10.6 Å². The third-order valence-corrected chi connectivity index (χ3v) is 3.67. The Morgan fingerprint density at radius 1 is 1.10 bits per heavy atom. The van der Waals surface area contributed by atoms with Crippen LogP contribution in [-0.4, -0.2) is 30.3 Å². The molecule has 1 atom stereocenters. The lowest BCUT2D eigenvalue weighted by Gasteiger charge is -2.32. The second-order valence-electron chi connectivity index (χ2n) is 4.73. The number of ether oxygens (including phenoxy) is 1. The molecule has 21 heavy (non-hydrogen) atoms. The van der Waals surface area contributed by atoms with Gasteiger partial charge in [0, 0.05) is 11.1 Å². The summed E-state index contributed by atoms with van der Waals surface area (Å²) in [5.74, 6) is 0.176. The van der Waals surface area contributed by atoms with Crippen molar-refractivity contribution < 1.29 is 19.5 Å². The maximum atomic E-state index is 12.4. The summed E-state index contributed by atoms with van der Waals surface area (Å²) in [5.41, 5.74) is -0.284. The summed E-state index contributed by atoms with van der Waals surface area (Å²) in [6, 6.07) is 13.9. The van der Waals surface area contributed by atoms with Crippen molar-refractivity contribution in [3.63, 3.8) is 0 Å². The van der Waals surface area contributed by atoms with Crippen LogP contribution in [0.1, 0.15) is 21.5 Å². The van der Waals surface area contributed by atoms with Crippen LogP contribution in [0.4, 0.5) is 0 Å². The van der Waals surface area contributed by atoms with Gasteiger partial charge >= 0.3 is 0 Å². The number of hydrogen-bond acceptors (Lipinski definition) is 4. The van der Waals surface area contributed by atoms with Gasteiger partial charge in [0.15, 0.2) is 0 Å². The van der Waals surface area contributed by atoms with Crippen molar-refractivity contribution in [1.29, 1.82) is 0 Å². The van der Waals surface area contributed by atoms with Gasteiger partial charge in [-0.15, -0.1) is 0 Å². The van der Waals surface area contributed by atoms with Gasteiger partial charge in [-0.2, -0.15) is 5.06 Å². The molecule has 0 spiro atoms. The van der Waals surface area contributed by atoms with Crippen molar-refractivity contribution in [2.75, 3.05) is 14.2 Å². The fraction of sp³-hybridized carbons (Fsp3) is 0.188. The molecule has 0 fully saturated rings. The Morgan fingerprint density at radius 2 is 1.81 bits per heavy atom. The zero-order chi connectivity index (χ0) is 15.0. The highest BCUT2D eigenvalue weighted by Crippen LogP contribution is 2.43. The fourth-order valence-electron chi connectivity index (χ4n) is 2.65. The molecule has 5 heteroatoms. The van der Waals surface area contributed by atoms with Crippen LogP contribution in [0.5, 0.6) is 5.75 Å². The zero-order valence-corrected chi connectivity index (χ0v) is 11.7. The van der Waals surface area contributed by atoms with Gasteiger partial charge in [-0.1, -0.05) is 30.3 Å². The maximum absolute atomic E-state index is 12.4. The number of carbonyl (C=O) groups is 1. The van der Waals surface area contributed by atoms with Crippen molar-refractivity contribution in [2.24, 2.45) is 0 Å². The number of nitrogens with zero attached hydrogens (tertiary/aromatic N) is 1. The molecule has 0 radical (unpaired) electrons. The van der Waals surface area contributed by atoms with Gasteiger partial charge < -0.3 is 9.84 Å². The first-order chi connectivity index (χ1) is 10.1. The van der Waals surface area contributed by atoms with E-state index in [0.717, 1.165) is 5.06 Å². The van der Waals surface area contributed by atoms with Crippen LogP contribution >= 0.6 is 0 Å². The van der Waals surface area contributed by atoms with Crippen molar-refractivity contribution in [2.45, 2.75) is 5.72 Å². The number of benzene rings is 2. The Morgan fingerprint density at radius 3 is 2.43 bits per heavy atom. The molecule has 1 heterocycles. The van der Waals surface area contributed by atoms with Crippen molar-refractivity contribution in [1.82, 2.24) is 5.06 Å². The molecule has 2 aromatic carbocycles. The van der Waals surface area contributed by atoms with Crippen molar-refractivity contribution in [3.05, 3.63) is 65.2 Å². The third kappa shape index (κ3) is 1.82. The summed E-state index contributed by atoms with van der Waals surface area (Å²) in [5, 5.41) is 12.2. The number of hydroxylamine groups is 2. The molecular weight excluding hydrogens is 270 g/mol. The van der Waals surface area contributed by atoms with Gasteiger partial charge in [0.05, 0.1) is 19.8 Å². The van der Waals surface area contributed by atoms with E-state index in [1.54, 1.807) is 42.5 Å². The van der Waals surface area contributed by atoms with E-state index in [2.05, 4.69) is 0 Å². The Kier molecular flexibility index (Phi) is 3.16. The molecule has 1 aliphatic heterocycles. The first-order valence-electron chi connectivity index (χ1n) is 6.48. The van der Waals surface area contributed by atoms with E-state index < -0.39 is 5.72 Å². The highest BCUT2D eigenvalue weighted by atomic mass is 16.7. The Labute approximate surface area is 122 Å². The second kappa shape index (κ2) is 4.87. The number of methoxy groups -OCH3 is 1. The average Bonchev–Trinajstić information content (AvgIpc) is 2.76.